The summed E-state index contributed by atoms with van der Waals surface area (Å²) >= 11 is 0. The molecule has 2 aromatic heterocycles. The first-order valence-electron chi connectivity index (χ1n) is 12.0. The van der Waals surface area contributed by atoms with Gasteiger partial charge in [-0.05, 0) is 30.4 Å². The minimum atomic E-state index is -2.58. The number of carbonyl (C=O) groups excluding carboxylic acids is 2. The molecule has 3 atom stereocenters. The van der Waals surface area contributed by atoms with E-state index < -0.39 is 30.0 Å². The van der Waals surface area contributed by atoms with E-state index in [2.05, 4.69) is 20.6 Å². The number of nitrogens with one attached hydrogen (secondary N) is 1. The number of aromatic nitrogens is 4. The number of alkyl halides is 2. The fourth-order valence-corrected chi connectivity index (χ4v) is 4.47. The van der Waals surface area contributed by atoms with Gasteiger partial charge in [-0.15, -0.1) is 5.10 Å². The van der Waals surface area contributed by atoms with E-state index in [1.807, 2.05) is 27.0 Å². The fourth-order valence-electron chi connectivity index (χ4n) is 4.47. The largest absolute Gasteiger partial charge is 0.391 e. The summed E-state index contributed by atoms with van der Waals surface area (Å²) in [6.45, 7) is 6.08. The zero-order valence-electron chi connectivity index (χ0n) is 20.2. The lowest BCUT2D eigenvalue weighted by Gasteiger charge is -2.34. The Bertz CT molecular complexity index is 1050. The molecule has 11 heteroatoms. The van der Waals surface area contributed by atoms with Gasteiger partial charge in [-0.25, -0.2) is 13.5 Å². The third-order valence-electron chi connectivity index (χ3n) is 6.49. The number of halogens is 2. The molecule has 0 spiro atoms. The molecule has 9 nitrogen and oxygen atoms in total. The summed E-state index contributed by atoms with van der Waals surface area (Å²) in [7, 11) is 0. The number of pyridine rings is 1. The highest BCUT2D eigenvalue weighted by molar-refractivity contribution is 5.90. The molecule has 35 heavy (non-hydrogen) atoms. The van der Waals surface area contributed by atoms with E-state index in [0.29, 0.717) is 18.0 Å². The fraction of sp³-hybridized carbons (Fsp3) is 0.625. The third kappa shape index (κ3) is 5.83. The molecule has 2 aliphatic rings. The Kier molecular flexibility index (Phi) is 7.16. The van der Waals surface area contributed by atoms with Gasteiger partial charge in [0.25, 0.3) is 6.43 Å². The zero-order chi connectivity index (χ0) is 25.3. The van der Waals surface area contributed by atoms with Crippen LogP contribution in [0.15, 0.2) is 24.5 Å². The summed E-state index contributed by atoms with van der Waals surface area (Å²) in [5, 5.41) is 21.6. The molecule has 1 aliphatic carbocycles. The molecular formula is C24H32F2N6O3. The van der Waals surface area contributed by atoms with Gasteiger partial charge in [0, 0.05) is 55.5 Å². The van der Waals surface area contributed by atoms with Crippen LogP contribution in [-0.2, 0) is 16.0 Å². The Morgan fingerprint density at radius 2 is 2.00 bits per heavy atom. The number of aliphatic hydroxyl groups is 1. The lowest BCUT2D eigenvalue weighted by Crippen LogP contribution is -2.50. The Labute approximate surface area is 202 Å². The number of likely N-dealkylation sites (tertiary alicyclic amines) is 1. The summed E-state index contributed by atoms with van der Waals surface area (Å²) in [6.07, 6.45) is 2.19. The van der Waals surface area contributed by atoms with Gasteiger partial charge in [0.1, 0.15) is 12.1 Å². The van der Waals surface area contributed by atoms with Crippen LogP contribution in [0.1, 0.15) is 75.4 Å². The lowest BCUT2D eigenvalue weighted by molar-refractivity contribution is -0.144. The average molecular weight is 491 g/mol. The Balaban J connectivity index is 1.42. The molecule has 1 saturated heterocycles. The summed E-state index contributed by atoms with van der Waals surface area (Å²) in [6, 6.07) is 1.32. The predicted molar refractivity (Wildman–Crippen MR) is 123 cm³/mol. The molecule has 3 heterocycles. The van der Waals surface area contributed by atoms with Crippen LogP contribution in [0, 0.1) is 5.41 Å². The molecule has 4 rings (SSSR count). The van der Waals surface area contributed by atoms with Crippen molar-refractivity contribution >= 4 is 11.8 Å². The monoisotopic (exact) mass is 490 g/mol. The minimum absolute atomic E-state index is 0.0598. The Hall–Kier alpha value is -2.95. The van der Waals surface area contributed by atoms with Crippen LogP contribution in [0.25, 0.3) is 0 Å². The molecule has 1 aliphatic heterocycles. The van der Waals surface area contributed by atoms with E-state index in [4.69, 9.17) is 0 Å². The van der Waals surface area contributed by atoms with Gasteiger partial charge in [-0.2, -0.15) is 0 Å². The highest BCUT2D eigenvalue weighted by Gasteiger charge is 2.45. The van der Waals surface area contributed by atoms with Gasteiger partial charge >= 0.3 is 0 Å². The minimum Gasteiger partial charge on any atom is -0.391 e. The number of rotatable bonds is 8. The second kappa shape index (κ2) is 9.96. The predicted octanol–water partition coefficient (Wildman–Crippen LogP) is 2.40. The van der Waals surface area contributed by atoms with Crippen molar-refractivity contribution in [3.8, 4) is 0 Å². The van der Waals surface area contributed by atoms with Crippen LogP contribution in [-0.4, -0.2) is 67.0 Å². The van der Waals surface area contributed by atoms with Crippen LogP contribution in [0.2, 0.25) is 0 Å². The normalized spacial score (nSPS) is 21.4. The van der Waals surface area contributed by atoms with E-state index in [1.54, 1.807) is 4.68 Å². The number of hydrogen-bond acceptors (Lipinski definition) is 6. The first-order valence-corrected chi connectivity index (χ1v) is 12.0. The molecule has 0 aromatic carbocycles. The van der Waals surface area contributed by atoms with E-state index >= 15 is 0 Å². The van der Waals surface area contributed by atoms with E-state index in [9.17, 15) is 23.5 Å². The zero-order valence-corrected chi connectivity index (χ0v) is 20.2. The van der Waals surface area contributed by atoms with Crippen molar-refractivity contribution in [2.45, 2.75) is 77.0 Å². The highest BCUT2D eigenvalue weighted by atomic mass is 19.3. The van der Waals surface area contributed by atoms with Crippen molar-refractivity contribution in [1.29, 1.82) is 0 Å². The maximum Gasteiger partial charge on any atom is 0.265 e. The van der Waals surface area contributed by atoms with Crippen LogP contribution in [0.4, 0.5) is 8.78 Å². The van der Waals surface area contributed by atoms with Gasteiger partial charge in [-0.3, -0.25) is 14.6 Å². The molecule has 2 aromatic rings. The summed E-state index contributed by atoms with van der Waals surface area (Å²) in [5.74, 6) is -0.262. The molecule has 190 valence electrons. The van der Waals surface area contributed by atoms with Crippen molar-refractivity contribution in [3.05, 3.63) is 41.5 Å². The van der Waals surface area contributed by atoms with Crippen LogP contribution >= 0.6 is 0 Å². The first kappa shape index (κ1) is 25.2. The number of amides is 2. The summed E-state index contributed by atoms with van der Waals surface area (Å²) in [5.41, 5.74) is 0.783. The number of aliphatic hydroxyl groups excluding tert-OH is 1. The topological polar surface area (TPSA) is 113 Å². The van der Waals surface area contributed by atoms with Crippen LogP contribution < -0.4 is 5.32 Å². The second-order valence-corrected chi connectivity index (χ2v) is 10.5. The highest BCUT2D eigenvalue weighted by Crippen LogP contribution is 2.40. The Morgan fingerprint density at radius 3 is 2.60 bits per heavy atom. The van der Waals surface area contributed by atoms with Crippen molar-refractivity contribution in [1.82, 2.24) is 30.2 Å². The molecule has 2 fully saturated rings. The maximum atomic E-state index is 13.7. The number of nitrogens with zero attached hydrogens (tertiary/aromatic N) is 5. The second-order valence-electron chi connectivity index (χ2n) is 10.5. The molecule has 2 N–H and O–H groups in total. The quantitative estimate of drug-likeness (QED) is 0.588. The molecule has 1 saturated carbocycles. The maximum absolute atomic E-state index is 13.7. The standard InChI is InChI=1S/C24H32F2N6O3/c1-24(2,3)20(32-13-18(29-30-32)14-4-5-14)23(35)31-12-17(33)10-19(31)22(34)27-9-8-16-7-6-15(11-28-16)21(25)26/h6-7,11,13-14,17,19-21,33H,4-5,8-10,12H2,1-3H3,(H,27,34)/t17-,19+,20-/m1/s1. The number of hydrogen-bond donors (Lipinski definition) is 2. The molecular weight excluding hydrogens is 458 g/mol. The summed E-state index contributed by atoms with van der Waals surface area (Å²) in [4.78, 5) is 32.1. The van der Waals surface area contributed by atoms with Crippen LogP contribution in [0.3, 0.4) is 0 Å². The van der Waals surface area contributed by atoms with E-state index in [0.717, 1.165) is 24.7 Å². The average Bonchev–Trinajstić information content (AvgIpc) is 3.40. The van der Waals surface area contributed by atoms with Gasteiger partial charge in [0.05, 0.1) is 11.8 Å². The van der Waals surface area contributed by atoms with Crippen molar-refractivity contribution in [3.63, 3.8) is 0 Å². The van der Waals surface area contributed by atoms with Crippen molar-refractivity contribution < 1.29 is 23.5 Å². The number of β-amino-alcohol motifs (C(OH)–C–C–N with tert-alkyl or cyclic N) is 1. The third-order valence-corrected chi connectivity index (χ3v) is 6.49. The molecule has 2 amide bonds. The van der Waals surface area contributed by atoms with Gasteiger partial charge in [0.2, 0.25) is 11.8 Å². The Morgan fingerprint density at radius 1 is 1.26 bits per heavy atom. The van der Waals surface area contributed by atoms with Gasteiger partial charge < -0.3 is 15.3 Å². The smallest absolute Gasteiger partial charge is 0.265 e. The van der Waals surface area contributed by atoms with Gasteiger partial charge in [-0.1, -0.05) is 26.0 Å². The van der Waals surface area contributed by atoms with E-state index in [1.165, 1.54) is 17.0 Å². The summed E-state index contributed by atoms with van der Waals surface area (Å²) < 4.78 is 27.0. The van der Waals surface area contributed by atoms with Crippen molar-refractivity contribution in [2.75, 3.05) is 13.1 Å². The van der Waals surface area contributed by atoms with Gasteiger partial charge in [0.15, 0.2) is 0 Å². The van der Waals surface area contributed by atoms with E-state index in [-0.39, 0.29) is 36.9 Å². The molecule has 0 bridgehead atoms. The van der Waals surface area contributed by atoms with Crippen molar-refractivity contribution in [2.24, 2.45) is 5.41 Å². The number of carbonyl (C=O) groups is 2. The first-order chi connectivity index (χ1) is 16.5. The SMILES string of the molecule is CC(C)(C)[C@@H](C(=O)N1C[C@H](O)C[C@H]1C(=O)NCCc1ccc(C(F)F)cn1)n1cc(C2CC2)nn1. The molecule has 0 unspecified atom stereocenters. The lowest BCUT2D eigenvalue weighted by atomic mass is 9.85. The molecule has 0 radical (unpaired) electrons. The van der Waals surface area contributed by atoms with Crippen LogP contribution in [0.5, 0.6) is 0 Å².